The number of nitrogens with one attached hydrogen (secondary N) is 1. The molecular formula is C14H27N3OS. The van der Waals surface area contributed by atoms with Gasteiger partial charge in [-0.25, -0.2) is 0 Å². The van der Waals surface area contributed by atoms with Crippen molar-refractivity contribution < 1.29 is 4.79 Å². The van der Waals surface area contributed by atoms with Crippen molar-refractivity contribution >= 4 is 23.1 Å². The second kappa shape index (κ2) is 7.80. The van der Waals surface area contributed by atoms with E-state index in [4.69, 9.17) is 18.0 Å². The first-order valence-electron chi connectivity index (χ1n) is 7.37. The Morgan fingerprint density at radius 1 is 1.32 bits per heavy atom. The molecule has 5 heteroatoms. The molecule has 0 aromatic rings. The number of thiocarbonyl (C=S) groups is 1. The molecule has 0 bridgehead atoms. The SMILES string of the molecule is CCN(CC)CCCNC(=O)C1(C(N)=S)CCCC1. The predicted octanol–water partition coefficient (Wildman–Crippen LogP) is 1.68. The molecule has 0 aromatic heterocycles. The van der Waals surface area contributed by atoms with Gasteiger partial charge in [0.2, 0.25) is 5.91 Å². The van der Waals surface area contributed by atoms with Gasteiger partial charge in [-0.15, -0.1) is 0 Å². The summed E-state index contributed by atoms with van der Waals surface area (Å²) in [5, 5.41) is 3.02. The van der Waals surface area contributed by atoms with Crippen molar-refractivity contribution in [2.24, 2.45) is 11.1 Å². The zero-order chi connectivity index (χ0) is 14.3. The van der Waals surface area contributed by atoms with Gasteiger partial charge in [-0.2, -0.15) is 0 Å². The largest absolute Gasteiger partial charge is 0.392 e. The highest BCUT2D eigenvalue weighted by molar-refractivity contribution is 7.80. The quantitative estimate of drug-likeness (QED) is 0.526. The van der Waals surface area contributed by atoms with Crippen molar-refractivity contribution in [3.05, 3.63) is 0 Å². The van der Waals surface area contributed by atoms with E-state index in [1.807, 2.05) is 0 Å². The van der Waals surface area contributed by atoms with Crippen LogP contribution in [0.3, 0.4) is 0 Å². The number of nitrogens with two attached hydrogens (primary N) is 1. The minimum Gasteiger partial charge on any atom is -0.392 e. The molecule has 0 unspecified atom stereocenters. The highest BCUT2D eigenvalue weighted by Crippen LogP contribution is 2.38. The topological polar surface area (TPSA) is 58.4 Å². The van der Waals surface area contributed by atoms with Gasteiger partial charge >= 0.3 is 0 Å². The summed E-state index contributed by atoms with van der Waals surface area (Å²) in [4.78, 5) is 15.0. The van der Waals surface area contributed by atoms with Gasteiger partial charge in [0, 0.05) is 6.54 Å². The molecule has 110 valence electrons. The highest BCUT2D eigenvalue weighted by Gasteiger charge is 2.43. The third-order valence-electron chi connectivity index (χ3n) is 4.19. The minimum absolute atomic E-state index is 0.0389. The monoisotopic (exact) mass is 285 g/mol. The molecular weight excluding hydrogens is 258 g/mol. The van der Waals surface area contributed by atoms with Gasteiger partial charge in [0.1, 0.15) is 0 Å². The summed E-state index contributed by atoms with van der Waals surface area (Å²) in [5.41, 5.74) is 5.23. The maximum Gasteiger partial charge on any atom is 0.233 e. The number of hydrogen-bond acceptors (Lipinski definition) is 3. The van der Waals surface area contributed by atoms with Crippen LogP contribution in [0.5, 0.6) is 0 Å². The highest BCUT2D eigenvalue weighted by atomic mass is 32.1. The van der Waals surface area contributed by atoms with E-state index in [0.717, 1.165) is 51.7 Å². The van der Waals surface area contributed by atoms with Gasteiger partial charge in [0.05, 0.1) is 10.4 Å². The second-order valence-electron chi connectivity index (χ2n) is 5.29. The molecule has 3 N–H and O–H groups in total. The van der Waals surface area contributed by atoms with E-state index in [0.29, 0.717) is 11.5 Å². The van der Waals surface area contributed by atoms with Crippen molar-refractivity contribution in [1.82, 2.24) is 10.2 Å². The molecule has 0 heterocycles. The molecule has 1 aliphatic rings. The van der Waals surface area contributed by atoms with Crippen LogP contribution in [0.25, 0.3) is 0 Å². The van der Waals surface area contributed by atoms with Gasteiger partial charge in [-0.3, -0.25) is 4.79 Å². The third-order valence-corrected chi connectivity index (χ3v) is 4.59. The normalized spacial score (nSPS) is 17.6. The van der Waals surface area contributed by atoms with Gasteiger partial charge in [-0.1, -0.05) is 38.9 Å². The van der Waals surface area contributed by atoms with Crippen molar-refractivity contribution in [3.63, 3.8) is 0 Å². The lowest BCUT2D eigenvalue weighted by Crippen LogP contribution is -2.47. The van der Waals surface area contributed by atoms with Gasteiger partial charge in [0.25, 0.3) is 0 Å². The zero-order valence-electron chi connectivity index (χ0n) is 12.2. The number of amides is 1. The molecule has 0 radical (unpaired) electrons. The predicted molar refractivity (Wildman–Crippen MR) is 83.1 cm³/mol. The molecule has 1 rings (SSSR count). The Morgan fingerprint density at radius 2 is 1.89 bits per heavy atom. The molecule has 19 heavy (non-hydrogen) atoms. The molecule has 0 aliphatic heterocycles. The van der Waals surface area contributed by atoms with Crippen molar-refractivity contribution in [1.29, 1.82) is 0 Å². The minimum atomic E-state index is -0.565. The first kappa shape index (κ1) is 16.4. The molecule has 1 saturated carbocycles. The number of nitrogens with zero attached hydrogens (tertiary/aromatic N) is 1. The van der Waals surface area contributed by atoms with Crippen LogP contribution in [0.4, 0.5) is 0 Å². The van der Waals surface area contributed by atoms with Crippen LogP contribution >= 0.6 is 12.2 Å². The Labute approximate surface area is 122 Å². The second-order valence-corrected chi connectivity index (χ2v) is 5.73. The average molecular weight is 285 g/mol. The van der Waals surface area contributed by atoms with Crippen LogP contribution in [0.1, 0.15) is 46.0 Å². The molecule has 0 aromatic carbocycles. The van der Waals surface area contributed by atoms with Crippen molar-refractivity contribution in [2.75, 3.05) is 26.2 Å². The van der Waals surface area contributed by atoms with Crippen LogP contribution in [0.15, 0.2) is 0 Å². The lowest BCUT2D eigenvalue weighted by atomic mass is 9.85. The lowest BCUT2D eigenvalue weighted by Gasteiger charge is -2.26. The lowest BCUT2D eigenvalue weighted by molar-refractivity contribution is -0.127. The number of rotatable bonds is 8. The number of hydrogen-bond donors (Lipinski definition) is 2. The summed E-state index contributed by atoms with van der Waals surface area (Å²) < 4.78 is 0. The molecule has 4 nitrogen and oxygen atoms in total. The fourth-order valence-corrected chi connectivity index (χ4v) is 3.07. The summed E-state index contributed by atoms with van der Waals surface area (Å²) in [5.74, 6) is 0.0389. The van der Waals surface area contributed by atoms with Crippen LogP contribution in [0, 0.1) is 5.41 Å². The van der Waals surface area contributed by atoms with E-state index in [9.17, 15) is 4.79 Å². The van der Waals surface area contributed by atoms with E-state index in [1.165, 1.54) is 0 Å². The van der Waals surface area contributed by atoms with Crippen molar-refractivity contribution in [3.8, 4) is 0 Å². The molecule has 0 atom stereocenters. The smallest absolute Gasteiger partial charge is 0.233 e. The Bertz CT molecular complexity index is 310. The average Bonchev–Trinajstić information content (AvgIpc) is 2.89. The molecule has 1 fully saturated rings. The standard InChI is InChI=1S/C14H27N3OS/c1-3-17(4-2)11-7-10-16-13(18)14(12(15)19)8-5-6-9-14/h3-11H2,1-2H3,(H2,15,19)(H,16,18). The van der Waals surface area contributed by atoms with Gasteiger partial charge < -0.3 is 16.0 Å². The molecule has 0 spiro atoms. The number of carbonyl (C=O) groups excluding carboxylic acids is 1. The summed E-state index contributed by atoms with van der Waals surface area (Å²) >= 11 is 5.11. The molecule has 1 aliphatic carbocycles. The Morgan fingerprint density at radius 3 is 2.37 bits per heavy atom. The third kappa shape index (κ3) is 4.14. The molecule has 0 saturated heterocycles. The van der Waals surface area contributed by atoms with Crippen LogP contribution < -0.4 is 11.1 Å². The first-order valence-corrected chi connectivity index (χ1v) is 7.78. The van der Waals surface area contributed by atoms with Crippen molar-refractivity contribution in [2.45, 2.75) is 46.0 Å². The van der Waals surface area contributed by atoms with Gasteiger partial charge in [-0.05, 0) is 38.9 Å². The van der Waals surface area contributed by atoms with E-state index in [1.54, 1.807) is 0 Å². The Balaban J connectivity index is 2.36. The fraction of sp³-hybridized carbons (Fsp3) is 0.857. The van der Waals surface area contributed by atoms with Gasteiger partial charge in [0.15, 0.2) is 0 Å². The van der Waals surface area contributed by atoms with Crippen LogP contribution in [-0.4, -0.2) is 42.0 Å². The van der Waals surface area contributed by atoms with E-state index in [-0.39, 0.29) is 5.91 Å². The summed E-state index contributed by atoms with van der Waals surface area (Å²) in [6, 6.07) is 0. The Kier molecular flexibility index (Phi) is 6.72. The zero-order valence-corrected chi connectivity index (χ0v) is 13.0. The Hall–Kier alpha value is -0.680. The van der Waals surface area contributed by atoms with E-state index in [2.05, 4.69) is 24.1 Å². The maximum atomic E-state index is 12.3. The molecule has 1 amide bonds. The van der Waals surface area contributed by atoms with E-state index < -0.39 is 5.41 Å². The maximum absolute atomic E-state index is 12.3. The van der Waals surface area contributed by atoms with Crippen LogP contribution in [0.2, 0.25) is 0 Å². The van der Waals surface area contributed by atoms with Crippen LogP contribution in [-0.2, 0) is 4.79 Å². The fourth-order valence-electron chi connectivity index (χ4n) is 2.78. The summed E-state index contributed by atoms with van der Waals surface area (Å²) in [7, 11) is 0. The summed E-state index contributed by atoms with van der Waals surface area (Å²) in [6.45, 7) is 8.15. The summed E-state index contributed by atoms with van der Waals surface area (Å²) in [6.07, 6.45) is 4.68. The first-order chi connectivity index (χ1) is 9.06. The van der Waals surface area contributed by atoms with E-state index >= 15 is 0 Å². The number of carbonyl (C=O) groups is 1.